The van der Waals surface area contributed by atoms with E-state index in [1.165, 1.54) is 25.7 Å². The molecular formula is C33H53FN6O5. The summed E-state index contributed by atoms with van der Waals surface area (Å²) in [6.45, 7) is 9.10. The Hall–Kier alpha value is -1.67. The van der Waals surface area contributed by atoms with Gasteiger partial charge in [-0.2, -0.15) is 0 Å². The molecule has 0 spiro atoms. The Morgan fingerprint density at radius 2 is 1.62 bits per heavy atom. The number of amides is 1. The van der Waals surface area contributed by atoms with Gasteiger partial charge in [-0.15, -0.1) is 0 Å². The van der Waals surface area contributed by atoms with Gasteiger partial charge in [0.2, 0.25) is 0 Å². The van der Waals surface area contributed by atoms with Gasteiger partial charge < -0.3 is 35.5 Å². The number of hydrogen-bond acceptors (Lipinski definition) is 10. The van der Waals surface area contributed by atoms with Gasteiger partial charge >= 0.3 is 0 Å². The molecule has 3 saturated heterocycles. The summed E-state index contributed by atoms with van der Waals surface area (Å²) in [5, 5.41) is 6.49. The standard InChI is InChI=1S/C33H53FN6O5/c34-27-28(35)26-30-32(29(27)36-6-3-8-38-10-14-43-15-11-38)45-25-19-22-5-2-1-4-21(22)18-24(25)40(30)20-23(31(26)41)33(42)37-7-9-39-12-16-44-17-13-39/h20-22,24-30,32,36H,1-19,35H2,(H,37,42). The molecule has 7 rings (SSSR count). The van der Waals surface area contributed by atoms with Crippen LogP contribution in [0.5, 0.6) is 0 Å². The molecule has 4 N–H and O–H groups in total. The highest BCUT2D eigenvalue weighted by atomic mass is 19.1. The highest BCUT2D eigenvalue weighted by Gasteiger charge is 2.62. The molecule has 45 heavy (non-hydrogen) atoms. The molecule has 11 nitrogen and oxygen atoms in total. The van der Waals surface area contributed by atoms with E-state index in [4.69, 9.17) is 19.9 Å². The summed E-state index contributed by atoms with van der Waals surface area (Å²) >= 11 is 0. The fourth-order valence-electron chi connectivity index (χ4n) is 9.44. The van der Waals surface area contributed by atoms with Crippen LogP contribution in [0.3, 0.4) is 0 Å². The first-order valence-corrected chi connectivity index (χ1v) is 17.7. The van der Waals surface area contributed by atoms with Crippen molar-refractivity contribution >= 4 is 11.7 Å². The number of nitrogens with one attached hydrogen (secondary N) is 2. The number of hydrogen-bond donors (Lipinski definition) is 3. The van der Waals surface area contributed by atoms with Gasteiger partial charge in [0.15, 0.2) is 5.78 Å². The van der Waals surface area contributed by atoms with Crippen LogP contribution >= 0.6 is 0 Å². The minimum atomic E-state index is -1.46. The second-order valence-electron chi connectivity index (χ2n) is 14.4. The summed E-state index contributed by atoms with van der Waals surface area (Å²) in [7, 11) is 0. The number of carbonyl (C=O) groups is 2. The Labute approximate surface area is 266 Å². The van der Waals surface area contributed by atoms with E-state index in [0.717, 1.165) is 65.2 Å². The number of fused-ring (bicyclic) bond motifs is 3. The molecular weight excluding hydrogens is 579 g/mol. The molecule has 3 saturated carbocycles. The van der Waals surface area contributed by atoms with Crippen LogP contribution in [-0.2, 0) is 23.8 Å². The molecule has 0 aromatic heterocycles. The minimum Gasteiger partial charge on any atom is -0.379 e. The molecule has 252 valence electrons. The minimum absolute atomic E-state index is 0.0551. The van der Waals surface area contributed by atoms with Gasteiger partial charge in [-0.1, -0.05) is 25.7 Å². The second-order valence-corrected chi connectivity index (χ2v) is 14.4. The average molecular weight is 633 g/mol. The van der Waals surface area contributed by atoms with Crippen molar-refractivity contribution in [1.29, 1.82) is 0 Å². The van der Waals surface area contributed by atoms with Crippen molar-refractivity contribution in [2.75, 3.05) is 78.8 Å². The van der Waals surface area contributed by atoms with Gasteiger partial charge in [0, 0.05) is 51.5 Å². The zero-order valence-electron chi connectivity index (χ0n) is 26.6. The molecule has 4 heterocycles. The molecule has 3 aliphatic carbocycles. The Kier molecular flexibility index (Phi) is 10.1. The fourth-order valence-corrected chi connectivity index (χ4v) is 9.44. The third kappa shape index (κ3) is 6.58. The quantitative estimate of drug-likeness (QED) is 0.242. The first-order chi connectivity index (χ1) is 22.0. The van der Waals surface area contributed by atoms with Crippen LogP contribution in [0.1, 0.15) is 44.9 Å². The van der Waals surface area contributed by atoms with Crippen molar-refractivity contribution in [3.05, 3.63) is 11.8 Å². The first-order valence-electron chi connectivity index (χ1n) is 17.7. The Bertz CT molecular complexity index is 1090. The molecule has 0 bridgehead atoms. The largest absolute Gasteiger partial charge is 0.379 e. The van der Waals surface area contributed by atoms with Crippen LogP contribution in [0.2, 0.25) is 0 Å². The maximum Gasteiger partial charge on any atom is 0.256 e. The summed E-state index contributed by atoms with van der Waals surface area (Å²) in [6, 6.07) is -1.96. The summed E-state index contributed by atoms with van der Waals surface area (Å²) in [6.07, 6.45) is 7.55. The number of nitrogens with zero attached hydrogens (tertiary/aromatic N) is 3. The maximum absolute atomic E-state index is 16.4. The number of morpholine rings is 3. The van der Waals surface area contributed by atoms with Crippen molar-refractivity contribution in [1.82, 2.24) is 25.3 Å². The number of halogens is 1. The predicted octanol–water partition coefficient (Wildman–Crippen LogP) is 0.284. The lowest BCUT2D eigenvalue weighted by Crippen LogP contribution is -2.77. The fraction of sp³-hybridized carbons (Fsp3) is 0.879. The zero-order chi connectivity index (χ0) is 30.9. The van der Waals surface area contributed by atoms with E-state index in [2.05, 4.69) is 25.3 Å². The third-order valence-electron chi connectivity index (χ3n) is 11.9. The van der Waals surface area contributed by atoms with Crippen molar-refractivity contribution < 1.29 is 28.2 Å². The number of Topliss-reactive ketones (excluding diaryl/α,β-unsaturated/α-hetero) is 1. The summed E-state index contributed by atoms with van der Waals surface area (Å²) in [4.78, 5) is 34.5. The Morgan fingerprint density at radius 3 is 2.33 bits per heavy atom. The van der Waals surface area contributed by atoms with Gasteiger partial charge in [0.25, 0.3) is 5.91 Å². The second kappa shape index (κ2) is 14.2. The van der Waals surface area contributed by atoms with Crippen molar-refractivity contribution in [3.63, 3.8) is 0 Å². The Balaban J connectivity index is 1.10. The molecule has 7 aliphatic rings. The van der Waals surface area contributed by atoms with E-state index in [9.17, 15) is 9.59 Å². The maximum atomic E-state index is 16.4. The van der Waals surface area contributed by atoms with E-state index in [0.29, 0.717) is 44.7 Å². The average Bonchev–Trinajstić information content (AvgIpc) is 3.07. The number of nitrogens with two attached hydrogens (primary N) is 1. The van der Waals surface area contributed by atoms with E-state index >= 15 is 4.39 Å². The topological polar surface area (TPSA) is 122 Å². The summed E-state index contributed by atoms with van der Waals surface area (Å²) in [5.74, 6) is -0.317. The van der Waals surface area contributed by atoms with Crippen molar-refractivity contribution in [2.45, 2.75) is 87.5 Å². The lowest BCUT2D eigenvalue weighted by Gasteiger charge is -2.62. The lowest BCUT2D eigenvalue weighted by molar-refractivity contribution is -0.211. The molecule has 10 atom stereocenters. The zero-order valence-corrected chi connectivity index (χ0v) is 26.6. The third-order valence-corrected chi connectivity index (χ3v) is 11.9. The van der Waals surface area contributed by atoms with Gasteiger partial charge in [-0.25, -0.2) is 4.39 Å². The number of alkyl halides is 1. The van der Waals surface area contributed by atoms with E-state index in [1.807, 2.05) is 6.20 Å². The molecule has 0 aromatic rings. The van der Waals surface area contributed by atoms with Crippen molar-refractivity contribution in [3.8, 4) is 0 Å². The van der Waals surface area contributed by atoms with Crippen LogP contribution in [0.25, 0.3) is 0 Å². The molecule has 0 aromatic carbocycles. The molecule has 12 heteroatoms. The van der Waals surface area contributed by atoms with Gasteiger partial charge in [-0.05, 0) is 44.2 Å². The normalized spacial score (nSPS) is 40.6. The van der Waals surface area contributed by atoms with Gasteiger partial charge in [-0.3, -0.25) is 19.4 Å². The predicted molar refractivity (Wildman–Crippen MR) is 166 cm³/mol. The molecule has 1 amide bonds. The van der Waals surface area contributed by atoms with Gasteiger partial charge in [0.1, 0.15) is 6.17 Å². The molecule has 4 aliphatic heterocycles. The molecule has 10 unspecified atom stereocenters. The summed E-state index contributed by atoms with van der Waals surface area (Å²) < 4.78 is 34.2. The Morgan fingerprint density at radius 1 is 0.956 bits per heavy atom. The van der Waals surface area contributed by atoms with Crippen LogP contribution in [-0.4, -0.2) is 148 Å². The van der Waals surface area contributed by atoms with Crippen LogP contribution in [0.4, 0.5) is 4.39 Å². The van der Waals surface area contributed by atoms with Crippen LogP contribution in [0, 0.1) is 17.8 Å². The van der Waals surface area contributed by atoms with Gasteiger partial charge in [0.05, 0.1) is 68.3 Å². The number of ketones is 1. The lowest BCUT2D eigenvalue weighted by atomic mass is 9.64. The van der Waals surface area contributed by atoms with Crippen molar-refractivity contribution in [2.24, 2.45) is 23.5 Å². The smallest absolute Gasteiger partial charge is 0.256 e. The van der Waals surface area contributed by atoms with Crippen LogP contribution in [0.15, 0.2) is 11.8 Å². The highest BCUT2D eigenvalue weighted by Crippen LogP contribution is 2.50. The van der Waals surface area contributed by atoms with E-state index < -0.39 is 30.3 Å². The number of rotatable bonds is 9. The first kappa shape index (κ1) is 31.9. The van der Waals surface area contributed by atoms with E-state index in [1.54, 1.807) is 0 Å². The number of carbonyl (C=O) groups excluding carboxylic acids is 2. The summed E-state index contributed by atoms with van der Waals surface area (Å²) in [5.41, 5.74) is 6.77. The SMILES string of the molecule is NC1C(F)C(NCCCN2CCOCC2)C2OC3CC4CCCCC4CC3N3C=C(C(=O)NCCN4CCOCC4)C(=O)C1C23. The monoisotopic (exact) mass is 632 g/mol. The van der Waals surface area contributed by atoms with E-state index in [-0.39, 0.29) is 35.5 Å². The van der Waals surface area contributed by atoms with Crippen LogP contribution < -0.4 is 16.4 Å². The molecule has 0 radical (unpaired) electrons. The highest BCUT2D eigenvalue weighted by molar-refractivity contribution is 6.20. The molecule has 6 fully saturated rings. The number of ether oxygens (including phenoxy) is 3.